The van der Waals surface area contributed by atoms with Crippen LogP contribution in [0.1, 0.15) is 12.0 Å². The van der Waals surface area contributed by atoms with Gasteiger partial charge in [0, 0.05) is 31.9 Å². The van der Waals surface area contributed by atoms with Gasteiger partial charge in [-0.2, -0.15) is 9.97 Å². The molecule has 0 spiro atoms. The number of hydrogen-bond donors (Lipinski definition) is 0. The molecule has 0 fully saturated rings. The second-order valence-electron chi connectivity index (χ2n) is 9.59. The zero-order chi connectivity index (χ0) is 25.1. The predicted octanol–water partition coefficient (Wildman–Crippen LogP) is 6.01. The summed E-state index contributed by atoms with van der Waals surface area (Å²) in [5, 5.41) is 4.08. The van der Waals surface area contributed by atoms with Crippen LogP contribution in [0.4, 0.5) is 0 Å². The van der Waals surface area contributed by atoms with Gasteiger partial charge in [0.05, 0.1) is 10.9 Å². The van der Waals surface area contributed by atoms with E-state index in [0.29, 0.717) is 22.8 Å². The first-order valence-corrected chi connectivity index (χ1v) is 13.7. The first-order valence-electron chi connectivity index (χ1n) is 12.8. The van der Waals surface area contributed by atoms with Crippen LogP contribution in [0, 0.1) is 0 Å². The summed E-state index contributed by atoms with van der Waals surface area (Å²) in [6, 6.07) is 37.7. The Morgan fingerprint density at radius 1 is 0.658 bits per heavy atom. The molecule has 4 aromatic carbocycles. The molecular weight excluding hydrogens is 484 g/mol. The van der Waals surface area contributed by atoms with Crippen molar-refractivity contribution in [3.8, 4) is 28.7 Å². The number of benzene rings is 4. The second kappa shape index (κ2) is 8.54. The van der Waals surface area contributed by atoms with E-state index in [9.17, 15) is 0 Å². The summed E-state index contributed by atoms with van der Waals surface area (Å²) in [5.41, 5.74) is 5.75. The molecule has 1 atom stereocenters. The van der Waals surface area contributed by atoms with E-state index in [0.717, 1.165) is 23.1 Å². The molecule has 0 N–H and O–H groups in total. The van der Waals surface area contributed by atoms with Gasteiger partial charge in [-0.25, -0.2) is 4.98 Å². The molecule has 6 aromatic rings. The van der Waals surface area contributed by atoms with Crippen LogP contribution in [0.5, 0.6) is 0 Å². The minimum absolute atomic E-state index is 0.381. The van der Waals surface area contributed by atoms with Crippen LogP contribution in [-0.4, -0.2) is 24.8 Å². The maximum Gasteiger partial charge on any atom is 0.238 e. The molecule has 1 aliphatic heterocycles. The van der Waals surface area contributed by atoms with Crippen LogP contribution in [-0.2, 0) is 0 Å². The van der Waals surface area contributed by atoms with E-state index in [4.69, 9.17) is 15.0 Å². The molecule has 2 aliphatic rings. The quantitative estimate of drug-likeness (QED) is 0.295. The third-order valence-electron chi connectivity index (χ3n) is 7.36. The molecule has 38 heavy (non-hydrogen) atoms. The number of hydrogen-bond acceptors (Lipinski definition) is 4. The lowest BCUT2D eigenvalue weighted by Gasteiger charge is -2.15. The van der Waals surface area contributed by atoms with E-state index in [2.05, 4.69) is 83.4 Å². The molecule has 8 rings (SSSR count). The number of thioether (sulfide) groups is 1. The maximum atomic E-state index is 5.11. The van der Waals surface area contributed by atoms with E-state index in [1.54, 1.807) is 0 Å². The van der Waals surface area contributed by atoms with Crippen molar-refractivity contribution in [3.63, 3.8) is 0 Å². The highest BCUT2D eigenvalue weighted by atomic mass is 32.2. The molecule has 0 radical (unpaired) electrons. The highest BCUT2D eigenvalue weighted by Gasteiger charge is 2.32. The third-order valence-corrected chi connectivity index (χ3v) is 8.68. The Morgan fingerprint density at radius 2 is 1.29 bits per heavy atom. The van der Waals surface area contributed by atoms with Gasteiger partial charge in [-0.3, -0.25) is 4.57 Å². The molecule has 1 aliphatic carbocycles. The molecule has 0 saturated heterocycles. The molecule has 4 nitrogen and oxygen atoms in total. The second-order valence-corrected chi connectivity index (χ2v) is 10.8. The van der Waals surface area contributed by atoms with E-state index in [-0.39, 0.29) is 0 Å². The van der Waals surface area contributed by atoms with Crippen LogP contribution in [0.15, 0.2) is 114 Å². The summed E-state index contributed by atoms with van der Waals surface area (Å²) >= 11 is 1.96. The zero-order valence-electron chi connectivity index (χ0n) is 20.5. The minimum atomic E-state index is 0.381. The first-order chi connectivity index (χ1) is 18.8. The first kappa shape index (κ1) is 21.6. The molecule has 0 saturated carbocycles. The van der Waals surface area contributed by atoms with Gasteiger partial charge in [0.15, 0.2) is 11.6 Å². The van der Waals surface area contributed by atoms with Crippen molar-refractivity contribution in [1.82, 2.24) is 19.5 Å². The Kier molecular flexibility index (Phi) is 4.85. The fourth-order valence-corrected chi connectivity index (χ4v) is 7.01. The average Bonchev–Trinajstić information content (AvgIpc) is 3.53. The molecule has 1 unspecified atom stereocenters. The summed E-state index contributed by atoms with van der Waals surface area (Å²) in [6.07, 6.45) is 3.41. The van der Waals surface area contributed by atoms with Crippen molar-refractivity contribution in [2.75, 3.05) is 0 Å². The standard InChI is InChI=1S/C33H22N4S/c1-3-11-21(12-4-1)31-34-32(22-13-5-2-6-14-22)36-33(35-31)37-26-17-9-7-15-23(26)24-19-20-28-29(30(24)37)25-16-8-10-18-27(25)38-28/h1-19,28H,20H2. The molecule has 0 amide bonds. The number of nitrogens with zero attached hydrogens (tertiary/aromatic N) is 4. The number of aromatic nitrogens is 4. The lowest BCUT2D eigenvalue weighted by atomic mass is 9.96. The molecule has 0 bridgehead atoms. The summed E-state index contributed by atoms with van der Waals surface area (Å²) in [5.74, 6) is 1.98. The van der Waals surface area contributed by atoms with Crippen molar-refractivity contribution in [2.45, 2.75) is 16.6 Å². The lowest BCUT2D eigenvalue weighted by molar-refractivity contribution is 0.898. The summed E-state index contributed by atoms with van der Waals surface area (Å²) in [6.45, 7) is 0. The van der Waals surface area contributed by atoms with Crippen LogP contribution in [0.2, 0.25) is 0 Å². The monoisotopic (exact) mass is 506 g/mol. The lowest BCUT2D eigenvalue weighted by Crippen LogP contribution is -2.37. The zero-order valence-corrected chi connectivity index (χ0v) is 21.3. The molecule has 3 heterocycles. The van der Waals surface area contributed by atoms with E-state index in [1.807, 2.05) is 48.2 Å². The highest BCUT2D eigenvalue weighted by Crippen LogP contribution is 2.45. The van der Waals surface area contributed by atoms with Crippen LogP contribution < -0.4 is 10.6 Å². The van der Waals surface area contributed by atoms with Crippen molar-refractivity contribution in [1.29, 1.82) is 0 Å². The van der Waals surface area contributed by atoms with Gasteiger partial charge in [0.25, 0.3) is 0 Å². The Balaban J connectivity index is 1.51. The summed E-state index contributed by atoms with van der Waals surface area (Å²) < 4.78 is 2.27. The number of fused-ring (bicyclic) bond motifs is 6. The highest BCUT2D eigenvalue weighted by molar-refractivity contribution is 8.00. The largest absolute Gasteiger partial charge is 0.277 e. The third kappa shape index (κ3) is 3.29. The van der Waals surface area contributed by atoms with Gasteiger partial charge < -0.3 is 0 Å². The maximum absolute atomic E-state index is 5.11. The number of para-hydroxylation sites is 1. The van der Waals surface area contributed by atoms with Gasteiger partial charge in [-0.1, -0.05) is 103 Å². The fourth-order valence-electron chi connectivity index (χ4n) is 5.69. The van der Waals surface area contributed by atoms with Gasteiger partial charge >= 0.3 is 0 Å². The Labute approximate surface area is 224 Å². The molecule has 5 heteroatoms. The normalized spacial score (nSPS) is 15.6. The summed E-state index contributed by atoms with van der Waals surface area (Å²) in [7, 11) is 0. The van der Waals surface area contributed by atoms with Crippen molar-refractivity contribution in [3.05, 3.63) is 125 Å². The van der Waals surface area contributed by atoms with Crippen molar-refractivity contribution < 1.29 is 0 Å². The van der Waals surface area contributed by atoms with E-state index in [1.165, 1.54) is 32.0 Å². The van der Waals surface area contributed by atoms with Crippen LogP contribution in [0.25, 0.3) is 51.3 Å². The van der Waals surface area contributed by atoms with Crippen molar-refractivity contribution >= 4 is 34.3 Å². The Morgan fingerprint density at radius 3 is 2.03 bits per heavy atom. The van der Waals surface area contributed by atoms with E-state index < -0.39 is 0 Å². The predicted molar refractivity (Wildman–Crippen MR) is 154 cm³/mol. The number of rotatable bonds is 3. The fraction of sp³-hybridized carbons (Fsp3) is 0.0606. The Bertz CT molecular complexity index is 1920. The smallest absolute Gasteiger partial charge is 0.238 e. The molecule has 2 aromatic heterocycles. The minimum Gasteiger partial charge on any atom is -0.277 e. The van der Waals surface area contributed by atoms with Gasteiger partial charge in [-0.15, -0.1) is 11.8 Å². The van der Waals surface area contributed by atoms with Gasteiger partial charge in [0.1, 0.15) is 0 Å². The van der Waals surface area contributed by atoms with Crippen molar-refractivity contribution in [2.24, 2.45) is 0 Å². The van der Waals surface area contributed by atoms with Crippen LogP contribution >= 0.6 is 11.8 Å². The molecular formula is C33H22N4S. The molecule has 180 valence electrons. The van der Waals surface area contributed by atoms with Crippen LogP contribution in [0.3, 0.4) is 0 Å². The average molecular weight is 507 g/mol. The van der Waals surface area contributed by atoms with Gasteiger partial charge in [-0.05, 0) is 29.7 Å². The summed E-state index contributed by atoms with van der Waals surface area (Å²) in [4.78, 5) is 16.5. The Hall–Kier alpha value is -4.48. The van der Waals surface area contributed by atoms with Gasteiger partial charge in [0.2, 0.25) is 5.95 Å². The SMILES string of the molecule is C1=c2c(n(-c3nc(-c4ccccc4)nc(-c4ccccc4)n3)c3ccccc23)=C2c3ccccc3SC2C1. The topological polar surface area (TPSA) is 43.6 Å². The van der Waals surface area contributed by atoms with E-state index >= 15 is 0 Å².